The molecule has 2 aromatic rings. The second kappa shape index (κ2) is 10.4. The summed E-state index contributed by atoms with van der Waals surface area (Å²) in [5, 5.41) is 0. The highest BCUT2D eigenvalue weighted by molar-refractivity contribution is 5.44. The largest absolute Gasteiger partial charge is 0.416 e. The molecule has 1 aromatic carbocycles. The standard InChI is InChI=1S/C26H36F3N3O/c1-6-32(19(2)3)24-16-22(26(27,28)29)15-23(30-24)17-33-18-25(11-13-31(5)14-12-25)21-9-7-20(4)8-10-21/h7-10,15-16,19H,6,11-14,17-18H2,1-5H3. The van der Waals surface area contributed by atoms with Gasteiger partial charge in [0.05, 0.1) is 24.5 Å². The van der Waals surface area contributed by atoms with Crippen LogP contribution in [0.15, 0.2) is 36.4 Å². The van der Waals surface area contributed by atoms with Gasteiger partial charge in [0.1, 0.15) is 5.82 Å². The van der Waals surface area contributed by atoms with E-state index in [2.05, 4.69) is 48.1 Å². The number of ether oxygens (including phenoxy) is 1. The van der Waals surface area contributed by atoms with E-state index in [0.29, 0.717) is 24.7 Å². The molecular weight excluding hydrogens is 427 g/mol. The molecule has 182 valence electrons. The van der Waals surface area contributed by atoms with E-state index in [9.17, 15) is 13.2 Å². The smallest absolute Gasteiger partial charge is 0.374 e. The third kappa shape index (κ3) is 6.27. The molecule has 1 fully saturated rings. The van der Waals surface area contributed by atoms with Crippen molar-refractivity contribution in [2.24, 2.45) is 0 Å². The van der Waals surface area contributed by atoms with Gasteiger partial charge < -0.3 is 14.5 Å². The minimum Gasteiger partial charge on any atom is -0.374 e. The number of rotatable bonds is 8. The molecule has 1 aliphatic heterocycles. The summed E-state index contributed by atoms with van der Waals surface area (Å²) in [6, 6.07) is 10.8. The topological polar surface area (TPSA) is 28.6 Å². The Morgan fingerprint density at radius 2 is 1.76 bits per heavy atom. The molecule has 0 bridgehead atoms. The molecule has 1 aromatic heterocycles. The molecule has 0 unspecified atom stereocenters. The van der Waals surface area contributed by atoms with Gasteiger partial charge in [-0.15, -0.1) is 0 Å². The first-order chi connectivity index (χ1) is 15.5. The van der Waals surface area contributed by atoms with Gasteiger partial charge in [-0.2, -0.15) is 13.2 Å². The lowest BCUT2D eigenvalue weighted by atomic mass is 9.73. The number of benzene rings is 1. The van der Waals surface area contributed by atoms with Crippen LogP contribution in [0.1, 0.15) is 56.0 Å². The van der Waals surface area contributed by atoms with Gasteiger partial charge in [0.25, 0.3) is 0 Å². The van der Waals surface area contributed by atoms with E-state index in [1.165, 1.54) is 11.1 Å². The molecule has 1 aliphatic rings. The van der Waals surface area contributed by atoms with E-state index in [1.807, 2.05) is 25.7 Å². The summed E-state index contributed by atoms with van der Waals surface area (Å²) >= 11 is 0. The lowest BCUT2D eigenvalue weighted by Crippen LogP contribution is -2.43. The van der Waals surface area contributed by atoms with Crippen LogP contribution in [0.5, 0.6) is 0 Å². The highest BCUT2D eigenvalue weighted by atomic mass is 19.4. The second-order valence-corrected chi connectivity index (χ2v) is 9.53. The van der Waals surface area contributed by atoms with Gasteiger partial charge in [-0.3, -0.25) is 0 Å². The third-order valence-electron chi connectivity index (χ3n) is 6.69. The number of aryl methyl sites for hydroxylation is 1. The number of hydrogen-bond acceptors (Lipinski definition) is 4. The molecule has 0 aliphatic carbocycles. The first-order valence-electron chi connectivity index (χ1n) is 11.7. The Bertz CT molecular complexity index is 904. The van der Waals surface area contributed by atoms with E-state index in [1.54, 1.807) is 0 Å². The number of pyridine rings is 1. The Morgan fingerprint density at radius 1 is 1.12 bits per heavy atom. The average molecular weight is 464 g/mol. The number of likely N-dealkylation sites (tertiary alicyclic amines) is 1. The number of piperidine rings is 1. The zero-order chi connectivity index (χ0) is 24.2. The fourth-order valence-corrected chi connectivity index (χ4v) is 4.57. The van der Waals surface area contributed by atoms with Crippen molar-refractivity contribution >= 4 is 5.82 Å². The number of hydrogen-bond donors (Lipinski definition) is 0. The third-order valence-corrected chi connectivity index (χ3v) is 6.69. The van der Waals surface area contributed by atoms with Crippen molar-refractivity contribution in [2.75, 3.05) is 38.2 Å². The summed E-state index contributed by atoms with van der Waals surface area (Å²) in [5.74, 6) is 0.341. The molecule has 0 radical (unpaired) electrons. The summed E-state index contributed by atoms with van der Waals surface area (Å²) in [5.41, 5.74) is 1.92. The van der Waals surface area contributed by atoms with Crippen molar-refractivity contribution in [2.45, 2.75) is 64.8 Å². The average Bonchev–Trinajstić information content (AvgIpc) is 2.75. The van der Waals surface area contributed by atoms with Crippen molar-refractivity contribution in [3.05, 3.63) is 58.8 Å². The SMILES string of the molecule is CCN(c1cc(C(F)(F)F)cc(COCC2(c3ccc(C)cc3)CCN(C)CC2)n1)C(C)C. The van der Waals surface area contributed by atoms with Gasteiger partial charge >= 0.3 is 6.18 Å². The number of alkyl halides is 3. The van der Waals surface area contributed by atoms with E-state index in [4.69, 9.17) is 4.74 Å². The lowest BCUT2D eigenvalue weighted by Gasteiger charge is -2.41. The van der Waals surface area contributed by atoms with Crippen molar-refractivity contribution in [1.29, 1.82) is 0 Å². The molecule has 4 nitrogen and oxygen atoms in total. The highest BCUT2D eigenvalue weighted by Gasteiger charge is 2.36. The van der Waals surface area contributed by atoms with E-state index < -0.39 is 11.7 Å². The molecule has 0 atom stereocenters. The zero-order valence-corrected chi connectivity index (χ0v) is 20.4. The van der Waals surface area contributed by atoms with Crippen LogP contribution in [-0.4, -0.2) is 49.2 Å². The van der Waals surface area contributed by atoms with Crippen molar-refractivity contribution in [3.8, 4) is 0 Å². The molecule has 33 heavy (non-hydrogen) atoms. The van der Waals surface area contributed by atoms with Gasteiger partial charge in [-0.25, -0.2) is 4.98 Å². The quantitative estimate of drug-likeness (QED) is 0.493. The Kier molecular flexibility index (Phi) is 8.06. The Labute approximate surface area is 195 Å². The first kappa shape index (κ1) is 25.5. The normalized spacial score (nSPS) is 16.9. The summed E-state index contributed by atoms with van der Waals surface area (Å²) < 4.78 is 46.9. The lowest BCUT2D eigenvalue weighted by molar-refractivity contribution is -0.137. The van der Waals surface area contributed by atoms with Gasteiger partial charge in [0.15, 0.2) is 0 Å². The number of aromatic nitrogens is 1. The van der Waals surface area contributed by atoms with Gasteiger partial charge in [-0.1, -0.05) is 29.8 Å². The van der Waals surface area contributed by atoms with Crippen LogP contribution in [0.25, 0.3) is 0 Å². The minimum absolute atomic E-state index is 0.0452. The van der Waals surface area contributed by atoms with E-state index in [-0.39, 0.29) is 18.1 Å². The molecule has 3 rings (SSSR count). The molecule has 1 saturated heterocycles. The molecule has 0 spiro atoms. The Hall–Kier alpha value is -2.12. The fourth-order valence-electron chi connectivity index (χ4n) is 4.57. The molecule has 0 N–H and O–H groups in total. The van der Waals surface area contributed by atoms with Gasteiger partial charge in [0.2, 0.25) is 0 Å². The Morgan fingerprint density at radius 3 is 2.30 bits per heavy atom. The van der Waals surface area contributed by atoms with Crippen LogP contribution in [0, 0.1) is 6.92 Å². The van der Waals surface area contributed by atoms with Crippen molar-refractivity contribution in [1.82, 2.24) is 9.88 Å². The fraction of sp³-hybridized carbons (Fsp3) is 0.577. The number of halogens is 3. The van der Waals surface area contributed by atoms with Crippen LogP contribution >= 0.6 is 0 Å². The van der Waals surface area contributed by atoms with Crippen molar-refractivity contribution < 1.29 is 17.9 Å². The van der Waals surface area contributed by atoms with Crippen LogP contribution in [0.3, 0.4) is 0 Å². The summed E-state index contributed by atoms with van der Waals surface area (Å²) in [6.45, 7) is 10.9. The maximum absolute atomic E-state index is 13.6. The van der Waals surface area contributed by atoms with Crippen LogP contribution in [-0.2, 0) is 22.9 Å². The molecule has 0 saturated carbocycles. The predicted molar refractivity (Wildman–Crippen MR) is 127 cm³/mol. The first-order valence-corrected chi connectivity index (χ1v) is 11.7. The van der Waals surface area contributed by atoms with E-state index in [0.717, 1.165) is 38.1 Å². The molecular formula is C26H36F3N3O. The zero-order valence-electron chi connectivity index (χ0n) is 20.4. The van der Waals surface area contributed by atoms with E-state index >= 15 is 0 Å². The van der Waals surface area contributed by atoms with Crippen molar-refractivity contribution in [3.63, 3.8) is 0 Å². The second-order valence-electron chi connectivity index (χ2n) is 9.53. The highest BCUT2D eigenvalue weighted by Crippen LogP contribution is 2.37. The summed E-state index contributed by atoms with van der Waals surface area (Å²) in [7, 11) is 2.11. The molecule has 2 heterocycles. The molecule has 0 amide bonds. The maximum atomic E-state index is 13.6. The minimum atomic E-state index is -4.43. The van der Waals surface area contributed by atoms with Gasteiger partial charge in [-0.05, 0) is 78.4 Å². The van der Waals surface area contributed by atoms with Crippen LogP contribution in [0.4, 0.5) is 19.0 Å². The summed E-state index contributed by atoms with van der Waals surface area (Å²) in [4.78, 5) is 8.70. The predicted octanol–water partition coefficient (Wildman–Crippen LogP) is 5.82. The monoisotopic (exact) mass is 463 g/mol. The number of anilines is 1. The Balaban J connectivity index is 1.82. The summed E-state index contributed by atoms with van der Waals surface area (Å²) in [6.07, 6.45) is -2.53. The van der Waals surface area contributed by atoms with Crippen LogP contribution < -0.4 is 4.90 Å². The maximum Gasteiger partial charge on any atom is 0.416 e. The number of nitrogens with zero attached hydrogens (tertiary/aromatic N) is 3. The van der Waals surface area contributed by atoms with Crippen LogP contribution in [0.2, 0.25) is 0 Å². The van der Waals surface area contributed by atoms with Gasteiger partial charge in [0, 0.05) is 18.0 Å². The molecule has 7 heteroatoms.